The molecule has 2 atom stereocenters. The molecule has 3 N–H and O–H groups in total. The van der Waals surface area contributed by atoms with E-state index in [1.807, 2.05) is 6.08 Å². The third-order valence-corrected chi connectivity index (χ3v) is 14.6. The number of aliphatic hydroxyl groups is 2. The molecule has 0 spiro atoms. The number of carbonyl (C=O) groups excluding carboxylic acids is 2. The van der Waals surface area contributed by atoms with Crippen molar-refractivity contribution in [3.63, 3.8) is 0 Å². The van der Waals surface area contributed by atoms with Crippen LogP contribution in [-0.2, 0) is 14.3 Å². The lowest BCUT2D eigenvalue weighted by Gasteiger charge is -2.20. The molecule has 0 aromatic rings. The third kappa shape index (κ3) is 53.9. The van der Waals surface area contributed by atoms with Crippen molar-refractivity contribution in [1.82, 2.24) is 5.32 Å². The van der Waals surface area contributed by atoms with Crippen LogP contribution in [0.25, 0.3) is 0 Å². The number of unbranched alkanes of at least 4 members (excludes halogenated alkanes) is 47. The zero-order chi connectivity index (χ0) is 49.3. The SMILES string of the molecule is CCCCCCCCCCCCCCCCCCCCCCCC/C=C/C(O)C(CO)NC(=O)CCCCCCCCCCCCOC(=O)CCCCCCCCCCCCCCCCCCC. The number of hydrogen-bond acceptors (Lipinski definition) is 5. The second kappa shape index (κ2) is 58.2. The van der Waals surface area contributed by atoms with Crippen LogP contribution in [0.4, 0.5) is 0 Å². The van der Waals surface area contributed by atoms with Crippen LogP contribution in [0, 0.1) is 0 Å². The van der Waals surface area contributed by atoms with Gasteiger partial charge in [-0.2, -0.15) is 0 Å². The van der Waals surface area contributed by atoms with Crippen molar-refractivity contribution in [1.29, 1.82) is 0 Å². The van der Waals surface area contributed by atoms with Crippen molar-refractivity contribution in [3.05, 3.63) is 12.2 Å². The minimum atomic E-state index is -0.859. The van der Waals surface area contributed by atoms with Gasteiger partial charge in [0.1, 0.15) is 0 Å². The zero-order valence-electron chi connectivity index (χ0n) is 46.1. The Labute approximate surface area is 425 Å². The summed E-state index contributed by atoms with van der Waals surface area (Å²) in [6.45, 7) is 4.89. The Balaban J connectivity index is 3.47. The molecule has 0 saturated heterocycles. The molecule has 0 bridgehead atoms. The fraction of sp³-hybridized carbons (Fsp3) is 0.935. The number of ether oxygens (including phenoxy) is 1. The van der Waals surface area contributed by atoms with Crippen LogP contribution in [0.1, 0.15) is 348 Å². The monoisotopic (exact) mass is 960 g/mol. The van der Waals surface area contributed by atoms with Gasteiger partial charge in [-0.25, -0.2) is 0 Å². The van der Waals surface area contributed by atoms with Crippen LogP contribution in [0.3, 0.4) is 0 Å². The van der Waals surface area contributed by atoms with Crippen molar-refractivity contribution in [2.75, 3.05) is 13.2 Å². The van der Waals surface area contributed by atoms with Gasteiger partial charge in [-0.15, -0.1) is 0 Å². The molecule has 0 aliphatic heterocycles. The second-order valence-electron chi connectivity index (χ2n) is 21.4. The lowest BCUT2D eigenvalue weighted by Crippen LogP contribution is -2.45. The zero-order valence-corrected chi connectivity index (χ0v) is 46.1. The van der Waals surface area contributed by atoms with E-state index >= 15 is 0 Å². The summed E-state index contributed by atoms with van der Waals surface area (Å²) >= 11 is 0. The maximum Gasteiger partial charge on any atom is 0.305 e. The Kier molecular flexibility index (Phi) is 57.0. The van der Waals surface area contributed by atoms with Crippen LogP contribution in [0.5, 0.6) is 0 Å². The summed E-state index contributed by atoms with van der Waals surface area (Å²) in [6, 6.07) is -0.645. The molecule has 0 rings (SSSR count). The lowest BCUT2D eigenvalue weighted by atomic mass is 10.0. The summed E-state index contributed by atoms with van der Waals surface area (Å²) in [5, 5.41) is 23.2. The first kappa shape index (κ1) is 66.6. The van der Waals surface area contributed by atoms with Gasteiger partial charge in [0.2, 0.25) is 5.91 Å². The van der Waals surface area contributed by atoms with Gasteiger partial charge < -0.3 is 20.3 Å². The highest BCUT2D eigenvalue weighted by Crippen LogP contribution is 2.18. The van der Waals surface area contributed by atoms with E-state index in [0.29, 0.717) is 19.4 Å². The fourth-order valence-electron chi connectivity index (χ4n) is 9.81. The molecule has 2 unspecified atom stereocenters. The van der Waals surface area contributed by atoms with Gasteiger partial charge in [0.05, 0.1) is 25.4 Å². The summed E-state index contributed by atoms with van der Waals surface area (Å²) < 4.78 is 5.48. The van der Waals surface area contributed by atoms with Crippen LogP contribution in [0.15, 0.2) is 12.2 Å². The van der Waals surface area contributed by atoms with Crippen LogP contribution in [0.2, 0.25) is 0 Å². The largest absolute Gasteiger partial charge is 0.466 e. The molecule has 0 aromatic carbocycles. The predicted molar refractivity (Wildman–Crippen MR) is 297 cm³/mol. The first-order valence-electron chi connectivity index (χ1n) is 31.0. The molecule has 0 aromatic heterocycles. The number of amides is 1. The molecule has 6 nitrogen and oxygen atoms in total. The number of esters is 1. The smallest absolute Gasteiger partial charge is 0.305 e. The van der Waals surface area contributed by atoms with Gasteiger partial charge in [-0.3, -0.25) is 9.59 Å². The molecule has 0 aliphatic carbocycles. The molecule has 0 saturated carbocycles. The average Bonchev–Trinajstić information content (AvgIpc) is 3.34. The van der Waals surface area contributed by atoms with Crippen LogP contribution in [-0.4, -0.2) is 47.4 Å². The molecule has 6 heteroatoms. The first-order valence-corrected chi connectivity index (χ1v) is 31.0. The standard InChI is InChI=1S/C62H121NO5/c1-3-5-7-9-11-13-15-17-19-21-22-23-24-25-26-27-29-30-32-34-38-42-46-50-54-60(65)59(58-64)63-61(66)55-51-47-43-39-36-37-41-45-49-53-57-68-62(67)56-52-48-44-40-35-33-31-28-20-18-16-14-12-10-8-6-4-2/h50,54,59-60,64-65H,3-49,51-53,55-58H2,1-2H3,(H,63,66)/b54-50+. The van der Waals surface area contributed by atoms with E-state index in [0.717, 1.165) is 57.8 Å². The molecule has 0 fully saturated rings. The Hall–Kier alpha value is -1.40. The molecule has 0 radical (unpaired) electrons. The summed E-state index contributed by atoms with van der Waals surface area (Å²) in [6.07, 6.45) is 69.6. The normalized spacial score (nSPS) is 12.6. The van der Waals surface area contributed by atoms with Gasteiger partial charge in [-0.1, -0.05) is 315 Å². The Morgan fingerprint density at radius 2 is 0.676 bits per heavy atom. The van der Waals surface area contributed by atoms with Crippen molar-refractivity contribution in [3.8, 4) is 0 Å². The third-order valence-electron chi connectivity index (χ3n) is 14.6. The van der Waals surface area contributed by atoms with Crippen LogP contribution >= 0.6 is 0 Å². The summed E-state index contributed by atoms with van der Waals surface area (Å²) in [7, 11) is 0. The van der Waals surface area contributed by atoms with E-state index in [9.17, 15) is 19.8 Å². The molecular formula is C62H121NO5. The number of rotatable bonds is 58. The van der Waals surface area contributed by atoms with Crippen molar-refractivity contribution in [2.24, 2.45) is 0 Å². The molecule has 1 amide bonds. The lowest BCUT2D eigenvalue weighted by molar-refractivity contribution is -0.143. The maximum atomic E-state index is 12.5. The van der Waals surface area contributed by atoms with E-state index in [2.05, 4.69) is 19.2 Å². The number of allylic oxidation sites excluding steroid dienone is 1. The minimum absolute atomic E-state index is 0.0156. The Bertz CT molecular complexity index is 1020. The quantitative estimate of drug-likeness (QED) is 0.0321. The number of nitrogens with one attached hydrogen (secondary N) is 1. The topological polar surface area (TPSA) is 95.9 Å². The maximum absolute atomic E-state index is 12.5. The number of aliphatic hydroxyl groups excluding tert-OH is 2. The highest BCUT2D eigenvalue weighted by molar-refractivity contribution is 5.76. The minimum Gasteiger partial charge on any atom is -0.466 e. The van der Waals surface area contributed by atoms with E-state index in [-0.39, 0.29) is 18.5 Å². The van der Waals surface area contributed by atoms with Gasteiger partial charge in [0, 0.05) is 12.8 Å². The fourth-order valence-corrected chi connectivity index (χ4v) is 9.81. The van der Waals surface area contributed by atoms with Crippen molar-refractivity contribution >= 4 is 11.9 Å². The number of carbonyl (C=O) groups is 2. The molecule has 68 heavy (non-hydrogen) atoms. The van der Waals surface area contributed by atoms with Gasteiger partial charge in [0.25, 0.3) is 0 Å². The molecule has 404 valence electrons. The van der Waals surface area contributed by atoms with E-state index in [4.69, 9.17) is 4.74 Å². The molecular weight excluding hydrogens is 839 g/mol. The van der Waals surface area contributed by atoms with Gasteiger partial charge in [0.15, 0.2) is 0 Å². The Morgan fingerprint density at radius 1 is 0.397 bits per heavy atom. The first-order chi connectivity index (χ1) is 33.5. The highest BCUT2D eigenvalue weighted by atomic mass is 16.5. The highest BCUT2D eigenvalue weighted by Gasteiger charge is 2.18. The van der Waals surface area contributed by atoms with E-state index < -0.39 is 12.1 Å². The van der Waals surface area contributed by atoms with Gasteiger partial charge >= 0.3 is 5.97 Å². The van der Waals surface area contributed by atoms with E-state index in [1.54, 1.807) is 6.08 Å². The number of hydrogen-bond donors (Lipinski definition) is 3. The average molecular weight is 961 g/mol. The van der Waals surface area contributed by atoms with Crippen LogP contribution < -0.4 is 5.32 Å². The summed E-state index contributed by atoms with van der Waals surface area (Å²) in [4.78, 5) is 24.6. The second-order valence-corrected chi connectivity index (χ2v) is 21.4. The molecule has 0 heterocycles. The summed E-state index contributed by atoms with van der Waals surface area (Å²) in [5.74, 6) is -0.102. The van der Waals surface area contributed by atoms with Gasteiger partial charge in [-0.05, 0) is 32.1 Å². The Morgan fingerprint density at radius 3 is 1.00 bits per heavy atom. The van der Waals surface area contributed by atoms with E-state index in [1.165, 1.54) is 263 Å². The predicted octanol–water partition coefficient (Wildman–Crippen LogP) is 19.2. The van der Waals surface area contributed by atoms with Crippen molar-refractivity contribution in [2.45, 2.75) is 360 Å². The van der Waals surface area contributed by atoms with Crippen molar-refractivity contribution < 1.29 is 24.5 Å². The summed E-state index contributed by atoms with van der Waals surface area (Å²) in [5.41, 5.74) is 0. The molecule has 0 aliphatic rings.